The Morgan fingerprint density at radius 1 is 0.317 bits per heavy atom. The van der Waals surface area contributed by atoms with E-state index < -0.39 is 0 Å². The van der Waals surface area contributed by atoms with E-state index in [1.807, 2.05) is 0 Å². The topological polar surface area (TPSA) is 0 Å². The molecule has 0 aliphatic heterocycles. The molecule has 0 unspecified atom stereocenters. The molecule has 0 bridgehead atoms. The van der Waals surface area contributed by atoms with E-state index in [0.717, 1.165) is 0 Å². The average molecular weight is 521 g/mol. The lowest BCUT2D eigenvalue weighted by molar-refractivity contribution is 1.47. The molecule has 8 aromatic carbocycles. The van der Waals surface area contributed by atoms with Gasteiger partial charge in [-0.15, -0.1) is 0 Å². The van der Waals surface area contributed by atoms with E-state index >= 15 is 0 Å². The summed E-state index contributed by atoms with van der Waals surface area (Å²) >= 11 is 0. The summed E-state index contributed by atoms with van der Waals surface area (Å²) in [5.41, 5.74) is 8.96. The molecule has 8 rings (SSSR count). The first-order valence-electron chi connectivity index (χ1n) is 14.3. The van der Waals surface area contributed by atoms with E-state index in [1.165, 1.54) is 82.0 Å². The summed E-state index contributed by atoms with van der Waals surface area (Å²) < 4.78 is 0. The van der Waals surface area contributed by atoms with E-state index in [9.17, 15) is 0 Å². The Kier molecular flexibility index (Phi) is 5.47. The van der Waals surface area contributed by atoms with Gasteiger partial charge in [-0.1, -0.05) is 157 Å². The molecule has 0 saturated carbocycles. The van der Waals surface area contributed by atoms with Crippen molar-refractivity contribution in [3.05, 3.63) is 157 Å². The summed E-state index contributed by atoms with van der Waals surface area (Å²) in [7, 11) is 0. The molecule has 0 heterocycles. The largest absolute Gasteiger partial charge is 0.0616 e. The maximum atomic E-state index is 2.34. The number of fused-ring (bicyclic) bond motifs is 4. The quantitative estimate of drug-likeness (QED) is 0.203. The lowest BCUT2D eigenvalue weighted by Crippen LogP contribution is -1.93. The van der Waals surface area contributed by atoms with Crippen molar-refractivity contribution < 1.29 is 0 Å². The van der Waals surface area contributed by atoms with Crippen LogP contribution >= 0.6 is 0 Å². The lowest BCUT2D eigenvalue weighted by atomic mass is 9.83. The predicted octanol–water partition coefficient (Wildman–Crippen LogP) is 11.6. The fourth-order valence-electron chi connectivity index (χ4n) is 6.73. The van der Waals surface area contributed by atoms with Crippen LogP contribution in [0.15, 0.2) is 152 Å². The molecule has 0 radical (unpaired) electrons. The maximum absolute atomic E-state index is 2.34. The third kappa shape index (κ3) is 3.76. The van der Waals surface area contributed by atoms with E-state index in [4.69, 9.17) is 0 Å². The second-order valence-electron chi connectivity index (χ2n) is 10.9. The van der Waals surface area contributed by atoms with Crippen molar-refractivity contribution in [3.8, 4) is 33.4 Å². The summed E-state index contributed by atoms with van der Waals surface area (Å²) in [6, 6.07) is 55.7. The SMILES string of the molecule is Cc1cccc(-c2ccc(-c3c4ccccc4c(-c4cccc5ccccc45)c4ccccc34)c3ccccc23)c1. The molecular weight excluding hydrogens is 492 g/mol. The van der Waals surface area contributed by atoms with Crippen molar-refractivity contribution >= 4 is 43.1 Å². The third-order valence-corrected chi connectivity index (χ3v) is 8.51. The molecule has 0 aromatic heterocycles. The van der Waals surface area contributed by atoms with Gasteiger partial charge in [0, 0.05) is 0 Å². The summed E-state index contributed by atoms with van der Waals surface area (Å²) in [5.74, 6) is 0. The summed E-state index contributed by atoms with van der Waals surface area (Å²) in [4.78, 5) is 0. The van der Waals surface area contributed by atoms with Crippen LogP contribution in [0.4, 0.5) is 0 Å². The van der Waals surface area contributed by atoms with Gasteiger partial charge in [0.2, 0.25) is 0 Å². The van der Waals surface area contributed by atoms with Crippen LogP contribution in [-0.4, -0.2) is 0 Å². The van der Waals surface area contributed by atoms with Gasteiger partial charge in [-0.05, 0) is 83.4 Å². The molecule has 0 aliphatic carbocycles. The Morgan fingerprint density at radius 2 is 0.756 bits per heavy atom. The van der Waals surface area contributed by atoms with Gasteiger partial charge < -0.3 is 0 Å². The highest BCUT2D eigenvalue weighted by molar-refractivity contribution is 6.25. The first kappa shape index (κ1) is 23.7. The third-order valence-electron chi connectivity index (χ3n) is 8.51. The van der Waals surface area contributed by atoms with Crippen LogP contribution in [0.2, 0.25) is 0 Å². The van der Waals surface area contributed by atoms with Gasteiger partial charge in [0.25, 0.3) is 0 Å². The predicted molar refractivity (Wildman–Crippen MR) is 178 cm³/mol. The highest BCUT2D eigenvalue weighted by Gasteiger charge is 2.19. The van der Waals surface area contributed by atoms with Crippen LogP contribution in [0.1, 0.15) is 5.56 Å². The van der Waals surface area contributed by atoms with Crippen molar-refractivity contribution in [3.63, 3.8) is 0 Å². The highest BCUT2D eigenvalue weighted by atomic mass is 14.2. The molecule has 192 valence electrons. The Balaban J connectivity index is 1.50. The number of hydrogen-bond donors (Lipinski definition) is 0. The molecule has 0 amide bonds. The molecule has 0 aliphatic rings. The van der Waals surface area contributed by atoms with Gasteiger partial charge in [-0.25, -0.2) is 0 Å². The summed E-state index contributed by atoms with van der Waals surface area (Å²) in [5, 5.41) is 10.2. The lowest BCUT2D eigenvalue weighted by Gasteiger charge is -2.20. The Labute approximate surface area is 240 Å². The van der Waals surface area contributed by atoms with Crippen molar-refractivity contribution in [2.24, 2.45) is 0 Å². The van der Waals surface area contributed by atoms with Crippen LogP contribution in [0.3, 0.4) is 0 Å². The molecule has 8 aromatic rings. The Morgan fingerprint density at radius 3 is 1.37 bits per heavy atom. The zero-order valence-corrected chi connectivity index (χ0v) is 22.9. The fourth-order valence-corrected chi connectivity index (χ4v) is 6.73. The Bertz CT molecular complexity index is 2210. The maximum Gasteiger partial charge on any atom is -0.00201 e. The minimum Gasteiger partial charge on any atom is -0.0616 e. The van der Waals surface area contributed by atoms with Crippen molar-refractivity contribution in [2.45, 2.75) is 6.92 Å². The average Bonchev–Trinajstić information content (AvgIpc) is 3.03. The molecule has 0 atom stereocenters. The van der Waals surface area contributed by atoms with Gasteiger partial charge in [0.15, 0.2) is 0 Å². The molecule has 0 spiro atoms. The van der Waals surface area contributed by atoms with Crippen LogP contribution in [0.5, 0.6) is 0 Å². The van der Waals surface area contributed by atoms with Gasteiger partial charge in [-0.3, -0.25) is 0 Å². The summed E-state index contributed by atoms with van der Waals surface area (Å²) in [6.07, 6.45) is 0. The molecule has 0 fully saturated rings. The second-order valence-corrected chi connectivity index (χ2v) is 10.9. The zero-order valence-electron chi connectivity index (χ0n) is 22.9. The number of hydrogen-bond acceptors (Lipinski definition) is 0. The Hall–Kier alpha value is -5.20. The minimum atomic E-state index is 1.26. The zero-order chi connectivity index (χ0) is 27.3. The highest BCUT2D eigenvalue weighted by Crippen LogP contribution is 2.47. The van der Waals surface area contributed by atoms with Crippen molar-refractivity contribution in [1.82, 2.24) is 0 Å². The van der Waals surface area contributed by atoms with Gasteiger partial charge >= 0.3 is 0 Å². The van der Waals surface area contributed by atoms with E-state index in [1.54, 1.807) is 0 Å². The number of benzene rings is 8. The van der Waals surface area contributed by atoms with E-state index in [-0.39, 0.29) is 0 Å². The van der Waals surface area contributed by atoms with E-state index in [2.05, 4.69) is 159 Å². The smallest absolute Gasteiger partial charge is 0.00201 e. The fraction of sp³-hybridized carbons (Fsp3) is 0.0244. The number of rotatable bonds is 3. The van der Waals surface area contributed by atoms with Crippen LogP contribution in [0.25, 0.3) is 76.5 Å². The van der Waals surface area contributed by atoms with Crippen LogP contribution < -0.4 is 0 Å². The van der Waals surface area contributed by atoms with Crippen LogP contribution in [-0.2, 0) is 0 Å². The number of aryl methyl sites for hydroxylation is 1. The molecule has 41 heavy (non-hydrogen) atoms. The molecule has 0 nitrogen and oxygen atoms in total. The minimum absolute atomic E-state index is 1.26. The molecular formula is C41H28. The molecule has 0 N–H and O–H groups in total. The van der Waals surface area contributed by atoms with Gasteiger partial charge in [-0.2, -0.15) is 0 Å². The molecule has 0 heteroatoms. The first-order chi connectivity index (χ1) is 20.3. The van der Waals surface area contributed by atoms with Gasteiger partial charge in [0.1, 0.15) is 0 Å². The van der Waals surface area contributed by atoms with Crippen molar-refractivity contribution in [1.29, 1.82) is 0 Å². The standard InChI is InChI=1S/C41H28/c1-27-12-10-15-29(26-27)31-24-25-39(33-18-5-4-17-32(31)33)41-37-21-8-6-19-35(37)40(36-20-7-9-22-38(36)41)34-23-11-14-28-13-2-3-16-30(28)34/h2-26H,1H3. The molecule has 0 saturated heterocycles. The van der Waals surface area contributed by atoms with E-state index in [0.29, 0.717) is 0 Å². The van der Waals surface area contributed by atoms with Gasteiger partial charge in [0.05, 0.1) is 0 Å². The second kappa shape index (κ2) is 9.47. The normalized spacial score (nSPS) is 11.5. The van der Waals surface area contributed by atoms with Crippen molar-refractivity contribution in [2.75, 3.05) is 0 Å². The monoisotopic (exact) mass is 520 g/mol. The van der Waals surface area contributed by atoms with Crippen LogP contribution in [0, 0.1) is 6.92 Å². The summed E-state index contributed by atoms with van der Waals surface area (Å²) in [6.45, 7) is 2.16. The first-order valence-corrected chi connectivity index (χ1v) is 14.3.